The van der Waals surface area contributed by atoms with Gasteiger partial charge in [-0.3, -0.25) is 9.10 Å². The maximum atomic E-state index is 13.4. The summed E-state index contributed by atoms with van der Waals surface area (Å²) in [7, 11) is -2.03. The molecule has 0 unspecified atom stereocenters. The fourth-order valence-electron chi connectivity index (χ4n) is 3.82. The Kier molecular flexibility index (Phi) is 5.59. The van der Waals surface area contributed by atoms with Crippen molar-refractivity contribution in [3.8, 4) is 0 Å². The molecule has 3 aromatic carbocycles. The summed E-state index contributed by atoms with van der Waals surface area (Å²) in [6, 6.07) is 23.6. The number of nitrogens with zero attached hydrogens (tertiary/aromatic N) is 2. The van der Waals surface area contributed by atoms with Crippen molar-refractivity contribution in [1.29, 1.82) is 0 Å². The molecular formula is C24H24N2O3S. The van der Waals surface area contributed by atoms with Gasteiger partial charge in [0.2, 0.25) is 0 Å². The number of anilines is 1. The molecule has 1 amide bonds. The fraction of sp³-hybridized carbons (Fsp3) is 0.208. The van der Waals surface area contributed by atoms with Crippen molar-refractivity contribution in [2.24, 2.45) is 0 Å². The number of aryl methyl sites for hydroxylation is 1. The van der Waals surface area contributed by atoms with E-state index in [4.69, 9.17) is 0 Å². The van der Waals surface area contributed by atoms with Gasteiger partial charge in [-0.25, -0.2) is 8.42 Å². The molecule has 5 nitrogen and oxygen atoms in total. The smallest absolute Gasteiger partial charge is 0.264 e. The van der Waals surface area contributed by atoms with Crippen molar-refractivity contribution in [2.45, 2.75) is 24.3 Å². The summed E-state index contributed by atoms with van der Waals surface area (Å²) in [4.78, 5) is 14.7. The van der Waals surface area contributed by atoms with Gasteiger partial charge in [-0.1, -0.05) is 54.6 Å². The number of carbonyl (C=O) groups excluding carboxylic acids is 1. The molecule has 1 aliphatic heterocycles. The molecule has 1 aliphatic rings. The Morgan fingerprint density at radius 1 is 0.967 bits per heavy atom. The van der Waals surface area contributed by atoms with Gasteiger partial charge in [0, 0.05) is 25.7 Å². The van der Waals surface area contributed by atoms with Crippen LogP contribution >= 0.6 is 0 Å². The van der Waals surface area contributed by atoms with Crippen LogP contribution in [0.4, 0.5) is 5.69 Å². The van der Waals surface area contributed by atoms with Crippen molar-refractivity contribution in [3.63, 3.8) is 0 Å². The van der Waals surface area contributed by atoms with E-state index in [2.05, 4.69) is 0 Å². The van der Waals surface area contributed by atoms with Gasteiger partial charge < -0.3 is 4.90 Å². The summed E-state index contributed by atoms with van der Waals surface area (Å²) < 4.78 is 28.2. The Balaban J connectivity index is 1.61. The Morgan fingerprint density at radius 2 is 1.70 bits per heavy atom. The number of hydrogen-bond acceptors (Lipinski definition) is 3. The number of sulfonamides is 1. The largest absolute Gasteiger partial charge is 0.337 e. The zero-order valence-electron chi connectivity index (χ0n) is 16.9. The number of hydrogen-bond donors (Lipinski definition) is 0. The fourth-order valence-corrected chi connectivity index (χ4v) is 5.40. The molecule has 0 fully saturated rings. The number of benzene rings is 3. The number of para-hydroxylation sites is 1. The summed E-state index contributed by atoms with van der Waals surface area (Å²) in [6.07, 6.45) is 1.64. The molecule has 0 radical (unpaired) electrons. The van der Waals surface area contributed by atoms with Gasteiger partial charge in [0.1, 0.15) is 0 Å². The molecule has 154 valence electrons. The third kappa shape index (κ3) is 3.96. The van der Waals surface area contributed by atoms with Crippen LogP contribution in [0.15, 0.2) is 83.8 Å². The molecule has 3 aromatic rings. The van der Waals surface area contributed by atoms with Gasteiger partial charge in [-0.2, -0.15) is 0 Å². The summed E-state index contributed by atoms with van der Waals surface area (Å²) in [5.41, 5.74) is 3.13. The minimum atomic E-state index is -3.75. The van der Waals surface area contributed by atoms with Crippen LogP contribution in [0.2, 0.25) is 0 Å². The van der Waals surface area contributed by atoms with E-state index in [1.54, 1.807) is 30.1 Å². The van der Waals surface area contributed by atoms with Crippen LogP contribution in [0.5, 0.6) is 0 Å². The third-order valence-corrected chi connectivity index (χ3v) is 7.16. The van der Waals surface area contributed by atoms with Gasteiger partial charge in [-0.05, 0) is 48.2 Å². The van der Waals surface area contributed by atoms with Gasteiger partial charge in [0.15, 0.2) is 0 Å². The lowest BCUT2D eigenvalue weighted by Crippen LogP contribution is -2.35. The van der Waals surface area contributed by atoms with E-state index in [9.17, 15) is 13.2 Å². The molecule has 0 atom stereocenters. The van der Waals surface area contributed by atoms with Crippen molar-refractivity contribution in [2.75, 3.05) is 17.9 Å². The number of rotatable bonds is 5. The third-order valence-electron chi connectivity index (χ3n) is 5.35. The topological polar surface area (TPSA) is 57.7 Å². The zero-order valence-corrected chi connectivity index (χ0v) is 17.7. The molecule has 4 rings (SSSR count). The molecule has 0 bridgehead atoms. The van der Waals surface area contributed by atoms with Crippen molar-refractivity contribution < 1.29 is 13.2 Å². The number of amides is 1. The Bertz CT molecular complexity index is 1160. The molecular weight excluding hydrogens is 396 g/mol. The SMILES string of the molecule is CN(Cc1ccccc1)C(=O)c1cccc(S(=O)(=O)N2CCCc3ccccc32)c1. The predicted molar refractivity (Wildman–Crippen MR) is 118 cm³/mol. The highest BCUT2D eigenvalue weighted by atomic mass is 32.2. The highest BCUT2D eigenvalue weighted by Crippen LogP contribution is 2.32. The number of carbonyl (C=O) groups is 1. The highest BCUT2D eigenvalue weighted by molar-refractivity contribution is 7.92. The van der Waals surface area contributed by atoms with Crippen molar-refractivity contribution in [1.82, 2.24) is 4.90 Å². The van der Waals surface area contributed by atoms with Crippen LogP contribution in [-0.4, -0.2) is 32.8 Å². The van der Waals surface area contributed by atoms with E-state index in [1.165, 1.54) is 10.4 Å². The zero-order chi connectivity index (χ0) is 21.1. The second-order valence-electron chi connectivity index (χ2n) is 7.48. The molecule has 30 heavy (non-hydrogen) atoms. The standard InChI is InChI=1S/C24H24N2O3S/c1-25(18-19-9-3-2-4-10-19)24(27)21-12-7-14-22(17-21)30(28,29)26-16-8-13-20-11-5-6-15-23(20)26/h2-7,9-12,14-15,17H,8,13,16,18H2,1H3. The maximum absolute atomic E-state index is 13.4. The first-order valence-electron chi connectivity index (χ1n) is 9.97. The molecule has 0 saturated heterocycles. The van der Waals surface area contributed by atoms with Gasteiger partial charge in [-0.15, -0.1) is 0 Å². The molecule has 0 saturated carbocycles. The quantitative estimate of drug-likeness (QED) is 0.624. The van der Waals surface area contributed by atoms with E-state index in [-0.39, 0.29) is 10.8 Å². The first-order valence-corrected chi connectivity index (χ1v) is 11.4. The molecule has 0 aromatic heterocycles. The van der Waals surface area contributed by atoms with Crippen LogP contribution in [0.25, 0.3) is 0 Å². The molecule has 0 spiro atoms. The number of fused-ring (bicyclic) bond motifs is 1. The van der Waals surface area contributed by atoms with Crippen LogP contribution in [0.3, 0.4) is 0 Å². The maximum Gasteiger partial charge on any atom is 0.264 e. The second-order valence-corrected chi connectivity index (χ2v) is 9.35. The predicted octanol–water partition coefficient (Wildman–Crippen LogP) is 4.10. The van der Waals surface area contributed by atoms with Crippen molar-refractivity contribution >= 4 is 21.6 Å². The lowest BCUT2D eigenvalue weighted by atomic mass is 10.0. The van der Waals surface area contributed by atoms with Gasteiger partial charge >= 0.3 is 0 Å². The first-order chi connectivity index (χ1) is 14.5. The summed E-state index contributed by atoms with van der Waals surface area (Å²) in [5, 5.41) is 0. The summed E-state index contributed by atoms with van der Waals surface area (Å²) in [6.45, 7) is 0.890. The molecule has 0 N–H and O–H groups in total. The molecule has 0 aliphatic carbocycles. The average Bonchev–Trinajstić information content (AvgIpc) is 2.79. The van der Waals surface area contributed by atoms with E-state index in [1.807, 2.05) is 54.6 Å². The second kappa shape index (κ2) is 8.32. The van der Waals surface area contributed by atoms with Crippen LogP contribution in [0.1, 0.15) is 27.9 Å². The first kappa shape index (κ1) is 20.2. The lowest BCUT2D eigenvalue weighted by molar-refractivity contribution is 0.0785. The normalized spacial score (nSPS) is 13.6. The molecule has 1 heterocycles. The van der Waals surface area contributed by atoms with Crippen LogP contribution in [0, 0.1) is 0 Å². The van der Waals surface area contributed by atoms with E-state index >= 15 is 0 Å². The average molecular weight is 421 g/mol. The highest BCUT2D eigenvalue weighted by Gasteiger charge is 2.29. The van der Waals surface area contributed by atoms with Crippen molar-refractivity contribution in [3.05, 3.63) is 95.6 Å². The summed E-state index contributed by atoms with van der Waals surface area (Å²) in [5.74, 6) is -0.213. The Hall–Kier alpha value is -3.12. The minimum Gasteiger partial charge on any atom is -0.337 e. The van der Waals surface area contributed by atoms with Gasteiger partial charge in [0.25, 0.3) is 15.9 Å². The monoisotopic (exact) mass is 420 g/mol. The summed E-state index contributed by atoms with van der Waals surface area (Å²) >= 11 is 0. The van der Waals surface area contributed by atoms with E-state index in [0.29, 0.717) is 18.7 Å². The molecule has 6 heteroatoms. The Labute approximate surface area is 177 Å². The lowest BCUT2D eigenvalue weighted by Gasteiger charge is -2.30. The van der Waals surface area contributed by atoms with E-state index in [0.717, 1.165) is 29.7 Å². The minimum absolute atomic E-state index is 0.137. The van der Waals surface area contributed by atoms with Crippen LogP contribution in [-0.2, 0) is 23.0 Å². The van der Waals surface area contributed by atoms with Gasteiger partial charge in [0.05, 0.1) is 10.6 Å². The Morgan fingerprint density at radius 3 is 2.50 bits per heavy atom. The van der Waals surface area contributed by atoms with E-state index < -0.39 is 10.0 Å². The van der Waals surface area contributed by atoms with Crippen LogP contribution < -0.4 is 4.31 Å².